The van der Waals surface area contributed by atoms with E-state index in [1.54, 1.807) is 22.3 Å². The summed E-state index contributed by atoms with van der Waals surface area (Å²) in [6.45, 7) is 14.3. The molecular weight excluding hydrogens is 735 g/mol. The van der Waals surface area contributed by atoms with E-state index in [2.05, 4.69) is 191 Å². The molecule has 0 fully saturated rings. The Morgan fingerprint density at radius 3 is 1.39 bits per heavy atom. The molecule has 0 saturated heterocycles. The van der Waals surface area contributed by atoms with Crippen molar-refractivity contribution in [1.82, 2.24) is 0 Å². The molecule has 0 bridgehead atoms. The first-order valence-electron chi connectivity index (χ1n) is 23.0. The van der Waals surface area contributed by atoms with Crippen molar-refractivity contribution >= 4 is 57.2 Å². The summed E-state index contributed by atoms with van der Waals surface area (Å²) in [5.41, 5.74) is 26.2. The van der Waals surface area contributed by atoms with Gasteiger partial charge in [0.1, 0.15) is 0 Å². The van der Waals surface area contributed by atoms with Crippen LogP contribution in [0.3, 0.4) is 0 Å². The van der Waals surface area contributed by atoms with E-state index in [0.29, 0.717) is 0 Å². The largest absolute Gasteiger partial charge is 0.311 e. The number of hydrogen-bond donors (Lipinski definition) is 0. The molecule has 4 aliphatic rings. The number of fused-ring (bicyclic) bond motifs is 6. The zero-order valence-electron chi connectivity index (χ0n) is 36.9. The number of aryl methyl sites for hydroxylation is 2. The maximum atomic E-state index is 2.78. The lowest BCUT2D eigenvalue weighted by Crippen LogP contribution is -2.61. The van der Waals surface area contributed by atoms with E-state index >= 15 is 0 Å². The van der Waals surface area contributed by atoms with Gasteiger partial charge in [-0.1, -0.05) is 139 Å². The van der Waals surface area contributed by atoms with Crippen molar-refractivity contribution in [2.75, 3.05) is 9.80 Å². The van der Waals surface area contributed by atoms with E-state index in [0.717, 1.165) is 12.8 Å². The second-order valence-corrected chi connectivity index (χ2v) is 20.3. The number of hydrogen-bond acceptors (Lipinski definition) is 2. The molecule has 2 heterocycles. The molecule has 0 saturated carbocycles. The Morgan fingerprint density at radius 1 is 0.410 bits per heavy atom. The quantitative estimate of drug-likeness (QED) is 0.164. The van der Waals surface area contributed by atoms with Crippen molar-refractivity contribution in [1.29, 1.82) is 0 Å². The van der Waals surface area contributed by atoms with Gasteiger partial charge in [-0.15, -0.1) is 0 Å². The fourth-order valence-corrected chi connectivity index (χ4v) is 11.1. The number of nitrogens with zero attached hydrogens (tertiary/aromatic N) is 2. The van der Waals surface area contributed by atoms with Gasteiger partial charge < -0.3 is 9.80 Å². The third-order valence-electron chi connectivity index (χ3n) is 14.3. The minimum Gasteiger partial charge on any atom is -0.311 e. The van der Waals surface area contributed by atoms with Crippen LogP contribution in [-0.4, -0.2) is 6.71 Å². The topological polar surface area (TPSA) is 6.48 Å². The maximum Gasteiger partial charge on any atom is 0.252 e. The molecule has 0 aromatic heterocycles. The summed E-state index contributed by atoms with van der Waals surface area (Å²) in [5, 5.41) is 0. The second-order valence-electron chi connectivity index (χ2n) is 20.3. The first-order chi connectivity index (χ1) is 29.5. The summed E-state index contributed by atoms with van der Waals surface area (Å²) in [7, 11) is 0. The zero-order valence-corrected chi connectivity index (χ0v) is 36.9. The number of benzene rings is 7. The molecule has 2 aliphatic carbocycles. The van der Waals surface area contributed by atoms with E-state index in [-0.39, 0.29) is 17.5 Å². The smallest absolute Gasteiger partial charge is 0.252 e. The summed E-state index contributed by atoms with van der Waals surface area (Å²) in [6, 6.07) is 53.9. The van der Waals surface area contributed by atoms with Crippen LogP contribution in [0.4, 0.5) is 34.1 Å². The highest BCUT2D eigenvalue weighted by Gasteiger charge is 2.45. The van der Waals surface area contributed by atoms with Gasteiger partial charge in [0.25, 0.3) is 6.71 Å². The summed E-state index contributed by atoms with van der Waals surface area (Å²) < 4.78 is 0. The molecule has 0 atom stereocenters. The average molecular weight is 793 g/mol. The van der Waals surface area contributed by atoms with Crippen molar-refractivity contribution in [2.24, 2.45) is 0 Å². The standard InChI is InChI=1S/C58H57BN2/c1-57(2,3)44-28-30-51-49(36-44)59-50-37-45(58(4,5)6)29-31-52(50)61(56-47-24-15-13-22-40(47)32-41-23-14-16-25-48(41)56)54-27-17-26-53(55(54)59)60(51)46-34-42(38-18-9-7-10-19-38)33-43(35-46)39-20-11-8-12-21-39/h7-12,17-21,26-37H,13-16,22-25H2,1-6H3. The van der Waals surface area contributed by atoms with Gasteiger partial charge in [0.05, 0.1) is 5.69 Å². The SMILES string of the molecule is CC(C)(C)c1ccc2c(c1)B1c3cc(C(C)(C)C)ccc3N(c3c4c(cc5c3CCCC5)CCCC4)c3cccc(c31)N2c1cc(-c2ccccc2)cc(-c2ccccc2)c1. The second kappa shape index (κ2) is 14.4. The van der Waals surface area contributed by atoms with Crippen LogP contribution in [0.2, 0.25) is 0 Å². The first-order valence-corrected chi connectivity index (χ1v) is 23.0. The van der Waals surface area contributed by atoms with Gasteiger partial charge in [0, 0.05) is 28.4 Å². The van der Waals surface area contributed by atoms with Crippen molar-refractivity contribution in [2.45, 2.75) is 104 Å². The molecule has 7 aromatic carbocycles. The third kappa shape index (κ3) is 6.38. The van der Waals surface area contributed by atoms with Crippen molar-refractivity contribution in [3.8, 4) is 22.3 Å². The third-order valence-corrected chi connectivity index (χ3v) is 14.3. The predicted molar refractivity (Wildman–Crippen MR) is 262 cm³/mol. The van der Waals surface area contributed by atoms with Crippen LogP contribution in [0.5, 0.6) is 0 Å². The van der Waals surface area contributed by atoms with Crippen LogP contribution in [0.25, 0.3) is 22.3 Å². The summed E-state index contributed by atoms with van der Waals surface area (Å²) >= 11 is 0. The van der Waals surface area contributed by atoms with Gasteiger partial charge in [-0.05, 0) is 177 Å². The highest BCUT2D eigenvalue weighted by molar-refractivity contribution is 7.00. The molecule has 0 N–H and O–H groups in total. The molecule has 2 aliphatic heterocycles. The summed E-state index contributed by atoms with van der Waals surface area (Å²) in [5.74, 6) is 0. The van der Waals surface area contributed by atoms with Crippen molar-refractivity contribution < 1.29 is 0 Å². The Labute approximate surface area is 364 Å². The first kappa shape index (κ1) is 38.2. The van der Waals surface area contributed by atoms with Crippen LogP contribution >= 0.6 is 0 Å². The van der Waals surface area contributed by atoms with Crippen molar-refractivity contribution in [3.63, 3.8) is 0 Å². The summed E-state index contributed by atoms with van der Waals surface area (Å²) in [4.78, 5) is 5.39. The Hall–Kier alpha value is -5.80. The highest BCUT2D eigenvalue weighted by Crippen LogP contribution is 2.50. The molecule has 3 heteroatoms. The molecule has 0 amide bonds. The van der Waals surface area contributed by atoms with Crippen molar-refractivity contribution in [3.05, 3.63) is 173 Å². The van der Waals surface area contributed by atoms with Gasteiger partial charge in [-0.3, -0.25) is 0 Å². The van der Waals surface area contributed by atoms with E-state index in [1.165, 1.54) is 122 Å². The molecule has 0 spiro atoms. The molecular formula is C58H57BN2. The molecule has 0 radical (unpaired) electrons. The molecule has 0 unspecified atom stereocenters. The minimum atomic E-state index is -0.00762. The molecule has 11 rings (SSSR count). The van der Waals surface area contributed by atoms with Gasteiger partial charge in [0.2, 0.25) is 0 Å². The molecule has 302 valence electrons. The highest BCUT2D eigenvalue weighted by atomic mass is 15.2. The zero-order chi connectivity index (χ0) is 41.6. The summed E-state index contributed by atoms with van der Waals surface area (Å²) in [6.07, 6.45) is 9.77. The average Bonchev–Trinajstić information content (AvgIpc) is 3.28. The van der Waals surface area contributed by atoms with Gasteiger partial charge in [-0.2, -0.15) is 0 Å². The van der Waals surface area contributed by atoms with Gasteiger partial charge in [-0.25, -0.2) is 0 Å². The van der Waals surface area contributed by atoms with Crippen LogP contribution < -0.4 is 26.2 Å². The van der Waals surface area contributed by atoms with E-state index in [9.17, 15) is 0 Å². The van der Waals surface area contributed by atoms with E-state index < -0.39 is 0 Å². The Balaban J connectivity index is 1.24. The van der Waals surface area contributed by atoms with Gasteiger partial charge >= 0.3 is 0 Å². The van der Waals surface area contributed by atoms with Crippen LogP contribution in [0.15, 0.2) is 140 Å². The predicted octanol–water partition coefficient (Wildman–Crippen LogP) is 13.5. The van der Waals surface area contributed by atoms with Crippen LogP contribution in [-0.2, 0) is 36.5 Å². The maximum absolute atomic E-state index is 2.78. The fraction of sp³-hybridized carbons (Fsp3) is 0.276. The monoisotopic (exact) mass is 792 g/mol. The Kier molecular flexibility index (Phi) is 9.01. The number of rotatable bonds is 4. The lowest BCUT2D eigenvalue weighted by Gasteiger charge is -2.46. The molecule has 61 heavy (non-hydrogen) atoms. The van der Waals surface area contributed by atoms with Crippen LogP contribution in [0, 0.1) is 0 Å². The van der Waals surface area contributed by atoms with E-state index in [4.69, 9.17) is 0 Å². The van der Waals surface area contributed by atoms with Crippen LogP contribution in [0.1, 0.15) is 101 Å². The lowest BCUT2D eigenvalue weighted by atomic mass is 9.33. The molecule has 7 aromatic rings. The minimum absolute atomic E-state index is 0.00718. The Bertz CT molecular complexity index is 2750. The Morgan fingerprint density at radius 2 is 0.885 bits per heavy atom. The normalized spacial score (nSPS) is 15.4. The molecule has 2 nitrogen and oxygen atoms in total. The lowest BCUT2D eigenvalue weighted by molar-refractivity contribution is 0.590. The number of anilines is 6. The van der Waals surface area contributed by atoms with Gasteiger partial charge in [0.15, 0.2) is 0 Å². The van der Waals surface area contributed by atoms with E-state index in [1.807, 2.05) is 0 Å². The fourth-order valence-electron chi connectivity index (χ4n) is 11.1.